The molecular formula is C17H23N3O2. The van der Waals surface area contributed by atoms with E-state index in [1.807, 2.05) is 18.3 Å². The van der Waals surface area contributed by atoms with Crippen LogP contribution in [0.5, 0.6) is 11.5 Å². The van der Waals surface area contributed by atoms with Crippen molar-refractivity contribution in [2.75, 3.05) is 7.11 Å². The van der Waals surface area contributed by atoms with Gasteiger partial charge < -0.3 is 19.8 Å². The number of imidazole rings is 1. The molecule has 118 valence electrons. The lowest BCUT2D eigenvalue weighted by atomic mass is 10.1. The van der Waals surface area contributed by atoms with Gasteiger partial charge in [-0.3, -0.25) is 0 Å². The van der Waals surface area contributed by atoms with Gasteiger partial charge in [-0.05, 0) is 31.7 Å². The standard InChI is InChI=1S/C17H23N3O2/c1-21-16-7-6-13(9-18-10-14-11-19-12-20-14)17(8-16)22-15-4-2-3-5-15/h6-8,11-12,15,18H,2-5,9-10H2,1H3,(H,19,20). The molecule has 1 aliphatic rings. The van der Waals surface area contributed by atoms with E-state index in [1.165, 1.54) is 12.8 Å². The second kappa shape index (κ2) is 7.31. The molecule has 1 aliphatic carbocycles. The van der Waals surface area contributed by atoms with Crippen LogP contribution in [0, 0.1) is 0 Å². The maximum atomic E-state index is 6.20. The van der Waals surface area contributed by atoms with Crippen LogP contribution >= 0.6 is 0 Å². The molecule has 1 aromatic carbocycles. The first-order chi connectivity index (χ1) is 10.8. The Hall–Kier alpha value is -2.01. The Balaban J connectivity index is 1.65. The number of hydrogen-bond acceptors (Lipinski definition) is 4. The number of methoxy groups -OCH3 is 1. The zero-order chi connectivity index (χ0) is 15.2. The second-order valence-electron chi connectivity index (χ2n) is 5.68. The van der Waals surface area contributed by atoms with E-state index in [1.54, 1.807) is 13.4 Å². The molecule has 0 aliphatic heterocycles. The van der Waals surface area contributed by atoms with Gasteiger partial charge in [-0.1, -0.05) is 6.07 Å². The molecule has 0 atom stereocenters. The van der Waals surface area contributed by atoms with Crippen molar-refractivity contribution in [3.8, 4) is 11.5 Å². The van der Waals surface area contributed by atoms with Crippen LogP contribution in [-0.4, -0.2) is 23.2 Å². The van der Waals surface area contributed by atoms with E-state index in [4.69, 9.17) is 9.47 Å². The largest absolute Gasteiger partial charge is 0.497 e. The lowest BCUT2D eigenvalue weighted by molar-refractivity contribution is 0.206. The fraction of sp³-hybridized carbons (Fsp3) is 0.471. The molecule has 0 bridgehead atoms. The second-order valence-corrected chi connectivity index (χ2v) is 5.68. The fourth-order valence-corrected chi connectivity index (χ4v) is 2.82. The molecule has 0 amide bonds. The van der Waals surface area contributed by atoms with E-state index in [2.05, 4.69) is 21.4 Å². The monoisotopic (exact) mass is 301 g/mol. The number of hydrogen-bond donors (Lipinski definition) is 2. The molecule has 2 N–H and O–H groups in total. The van der Waals surface area contributed by atoms with Crippen molar-refractivity contribution in [3.63, 3.8) is 0 Å². The highest BCUT2D eigenvalue weighted by Crippen LogP contribution is 2.30. The first kappa shape index (κ1) is 14.9. The Morgan fingerprint density at radius 3 is 2.86 bits per heavy atom. The summed E-state index contributed by atoms with van der Waals surface area (Å²) in [6.07, 6.45) is 8.70. The lowest BCUT2D eigenvalue weighted by Crippen LogP contribution is -2.16. The third kappa shape index (κ3) is 3.80. The minimum Gasteiger partial charge on any atom is -0.497 e. The van der Waals surface area contributed by atoms with Crippen molar-refractivity contribution in [2.24, 2.45) is 0 Å². The van der Waals surface area contributed by atoms with Gasteiger partial charge in [-0.15, -0.1) is 0 Å². The predicted octanol–water partition coefficient (Wildman–Crippen LogP) is 3.03. The smallest absolute Gasteiger partial charge is 0.127 e. The van der Waals surface area contributed by atoms with E-state index in [-0.39, 0.29) is 0 Å². The average Bonchev–Trinajstić information content (AvgIpc) is 3.22. The Morgan fingerprint density at radius 2 is 2.14 bits per heavy atom. The third-order valence-corrected chi connectivity index (χ3v) is 4.06. The molecule has 1 saturated carbocycles. The number of nitrogens with one attached hydrogen (secondary N) is 2. The number of ether oxygens (including phenoxy) is 2. The van der Waals surface area contributed by atoms with Crippen molar-refractivity contribution < 1.29 is 9.47 Å². The highest BCUT2D eigenvalue weighted by atomic mass is 16.5. The molecule has 5 heteroatoms. The van der Waals surface area contributed by atoms with Crippen LogP contribution in [-0.2, 0) is 13.1 Å². The van der Waals surface area contributed by atoms with Crippen LogP contribution in [0.4, 0.5) is 0 Å². The van der Waals surface area contributed by atoms with Gasteiger partial charge in [0.2, 0.25) is 0 Å². The molecule has 1 fully saturated rings. The fourth-order valence-electron chi connectivity index (χ4n) is 2.82. The zero-order valence-corrected chi connectivity index (χ0v) is 13.0. The minimum absolute atomic E-state index is 0.346. The Bertz CT molecular complexity index is 578. The van der Waals surface area contributed by atoms with E-state index >= 15 is 0 Å². The molecule has 0 spiro atoms. The summed E-state index contributed by atoms with van der Waals surface area (Å²) >= 11 is 0. The number of rotatable bonds is 7. The van der Waals surface area contributed by atoms with Crippen LogP contribution in [0.1, 0.15) is 36.9 Å². The zero-order valence-electron chi connectivity index (χ0n) is 13.0. The first-order valence-electron chi connectivity index (χ1n) is 7.86. The van der Waals surface area contributed by atoms with E-state index < -0.39 is 0 Å². The van der Waals surface area contributed by atoms with E-state index in [0.29, 0.717) is 6.10 Å². The molecule has 0 unspecified atom stereocenters. The maximum Gasteiger partial charge on any atom is 0.127 e. The summed E-state index contributed by atoms with van der Waals surface area (Å²) in [5.74, 6) is 1.77. The highest BCUT2D eigenvalue weighted by Gasteiger charge is 2.18. The summed E-state index contributed by atoms with van der Waals surface area (Å²) in [4.78, 5) is 7.11. The molecule has 0 radical (unpaired) electrons. The quantitative estimate of drug-likeness (QED) is 0.825. The number of nitrogens with zero attached hydrogens (tertiary/aromatic N) is 1. The van der Waals surface area contributed by atoms with Crippen LogP contribution in [0.2, 0.25) is 0 Å². The van der Waals surface area contributed by atoms with Gasteiger partial charge in [0.1, 0.15) is 11.5 Å². The van der Waals surface area contributed by atoms with Gasteiger partial charge in [-0.2, -0.15) is 0 Å². The SMILES string of the molecule is COc1ccc(CNCc2cnc[nH]2)c(OC2CCCC2)c1. The number of aromatic amines is 1. The van der Waals surface area contributed by atoms with Crippen molar-refractivity contribution >= 4 is 0 Å². The lowest BCUT2D eigenvalue weighted by Gasteiger charge is -2.17. The van der Waals surface area contributed by atoms with E-state index in [0.717, 1.165) is 48.7 Å². The van der Waals surface area contributed by atoms with Gasteiger partial charge in [0, 0.05) is 36.6 Å². The van der Waals surface area contributed by atoms with Crippen LogP contribution in [0.3, 0.4) is 0 Å². The third-order valence-electron chi connectivity index (χ3n) is 4.06. The van der Waals surface area contributed by atoms with Gasteiger partial charge >= 0.3 is 0 Å². The summed E-state index contributed by atoms with van der Waals surface area (Å²) < 4.78 is 11.5. The van der Waals surface area contributed by atoms with Crippen molar-refractivity contribution in [1.82, 2.24) is 15.3 Å². The molecule has 3 rings (SSSR count). The Kier molecular flexibility index (Phi) is 4.96. The average molecular weight is 301 g/mol. The molecule has 5 nitrogen and oxygen atoms in total. The van der Waals surface area contributed by atoms with Crippen molar-refractivity contribution in [2.45, 2.75) is 44.9 Å². The van der Waals surface area contributed by atoms with Gasteiger partial charge in [0.25, 0.3) is 0 Å². The van der Waals surface area contributed by atoms with Crippen LogP contribution in [0.15, 0.2) is 30.7 Å². The van der Waals surface area contributed by atoms with E-state index in [9.17, 15) is 0 Å². The van der Waals surface area contributed by atoms with Crippen molar-refractivity contribution in [3.05, 3.63) is 42.0 Å². The molecular weight excluding hydrogens is 278 g/mol. The van der Waals surface area contributed by atoms with Crippen molar-refractivity contribution in [1.29, 1.82) is 0 Å². The van der Waals surface area contributed by atoms with Gasteiger partial charge in [0.15, 0.2) is 0 Å². The molecule has 22 heavy (non-hydrogen) atoms. The van der Waals surface area contributed by atoms with Crippen LogP contribution < -0.4 is 14.8 Å². The minimum atomic E-state index is 0.346. The summed E-state index contributed by atoms with van der Waals surface area (Å²) in [7, 11) is 1.69. The highest BCUT2D eigenvalue weighted by molar-refractivity contribution is 5.41. The normalized spacial score (nSPS) is 15.1. The Labute approximate surface area is 131 Å². The maximum absolute atomic E-state index is 6.20. The summed E-state index contributed by atoms with van der Waals surface area (Å²) in [6.45, 7) is 1.51. The summed E-state index contributed by atoms with van der Waals surface area (Å²) in [6, 6.07) is 6.04. The van der Waals surface area contributed by atoms with Crippen LogP contribution in [0.25, 0.3) is 0 Å². The van der Waals surface area contributed by atoms with Gasteiger partial charge in [0.05, 0.1) is 19.5 Å². The summed E-state index contributed by atoms with van der Waals surface area (Å²) in [5.41, 5.74) is 2.24. The summed E-state index contributed by atoms with van der Waals surface area (Å²) in [5, 5.41) is 3.41. The van der Waals surface area contributed by atoms with Gasteiger partial charge in [-0.25, -0.2) is 4.98 Å². The topological polar surface area (TPSA) is 59.2 Å². The molecule has 0 saturated heterocycles. The molecule has 2 aromatic rings. The molecule has 1 aromatic heterocycles. The number of H-pyrrole nitrogens is 1. The predicted molar refractivity (Wildman–Crippen MR) is 85.0 cm³/mol. The number of benzene rings is 1. The first-order valence-corrected chi connectivity index (χ1v) is 7.86. The Morgan fingerprint density at radius 1 is 1.27 bits per heavy atom. The molecule has 1 heterocycles. The number of aromatic nitrogens is 2.